The van der Waals surface area contributed by atoms with Gasteiger partial charge in [-0.15, -0.1) is 0 Å². The summed E-state index contributed by atoms with van der Waals surface area (Å²) in [7, 11) is 0. The molecule has 1 heterocycles. The highest BCUT2D eigenvalue weighted by Gasteiger charge is 2.33. The van der Waals surface area contributed by atoms with Gasteiger partial charge in [0.1, 0.15) is 12.1 Å². The topological polar surface area (TPSA) is 250 Å². The van der Waals surface area contributed by atoms with Crippen LogP contribution in [0, 0.1) is 0 Å². The van der Waals surface area contributed by atoms with Crippen molar-refractivity contribution in [2.75, 3.05) is 6.54 Å². The number of nitrogens with one attached hydrogen (secondary N) is 4. The second-order valence-corrected chi connectivity index (χ2v) is 9.24. The van der Waals surface area contributed by atoms with Crippen molar-refractivity contribution in [1.82, 2.24) is 20.9 Å². The molecule has 0 spiro atoms. The van der Waals surface area contributed by atoms with Gasteiger partial charge in [0.25, 0.3) is 0 Å². The molecule has 14 nitrogen and oxygen atoms in total. The number of hydrogen-bond acceptors (Lipinski definition) is 8. The fourth-order valence-electron chi connectivity index (χ4n) is 3.97. The lowest BCUT2D eigenvalue weighted by Gasteiger charge is -2.25. The molecule has 2 aromatic rings. The molecule has 1 aromatic carbocycles. The number of aromatic nitrogens is 1. The average molecular weight is 549 g/mol. The number of carbonyl (C=O) groups excluding carboxylic acids is 3. The summed E-state index contributed by atoms with van der Waals surface area (Å²) in [5.74, 6) is -5.60. The van der Waals surface area contributed by atoms with Gasteiger partial charge in [-0.05, 0) is 50.8 Å². The van der Waals surface area contributed by atoms with Crippen molar-refractivity contribution in [2.24, 2.45) is 11.5 Å². The zero-order valence-corrected chi connectivity index (χ0v) is 21.6. The molecule has 0 aliphatic carbocycles. The summed E-state index contributed by atoms with van der Waals surface area (Å²) in [5, 5.41) is 35.8. The summed E-state index contributed by atoms with van der Waals surface area (Å²) in [5.41, 5.74) is 13.3. The molecule has 2 rings (SSSR count). The molecule has 0 aliphatic heterocycles. The molecular formula is C25H36N6O8. The van der Waals surface area contributed by atoms with Crippen molar-refractivity contribution >= 4 is 40.6 Å². The number of rotatable bonds is 16. The first kappa shape index (κ1) is 31.2. The van der Waals surface area contributed by atoms with E-state index in [1.165, 1.54) is 0 Å². The molecule has 0 fully saturated rings. The summed E-state index contributed by atoms with van der Waals surface area (Å²) in [6.45, 7) is 1.47. The van der Waals surface area contributed by atoms with Gasteiger partial charge in [-0.3, -0.25) is 19.2 Å². The van der Waals surface area contributed by atoms with Crippen LogP contribution < -0.4 is 27.4 Å². The lowest BCUT2D eigenvalue weighted by Crippen LogP contribution is -2.58. The van der Waals surface area contributed by atoms with Gasteiger partial charge in [-0.2, -0.15) is 0 Å². The molecule has 0 aliphatic rings. The molecule has 3 amide bonds. The quantitative estimate of drug-likeness (QED) is 0.110. The van der Waals surface area contributed by atoms with E-state index in [4.69, 9.17) is 11.5 Å². The molecule has 0 saturated carbocycles. The van der Waals surface area contributed by atoms with Crippen molar-refractivity contribution in [2.45, 2.75) is 69.3 Å². The summed E-state index contributed by atoms with van der Waals surface area (Å²) in [4.78, 5) is 64.4. The number of carboxylic acids is 2. The highest BCUT2D eigenvalue weighted by atomic mass is 16.4. The number of carbonyl (C=O) groups is 5. The van der Waals surface area contributed by atoms with Crippen LogP contribution in [-0.2, 0) is 30.4 Å². The van der Waals surface area contributed by atoms with E-state index < -0.39 is 66.4 Å². The largest absolute Gasteiger partial charge is 0.481 e. The molecular weight excluding hydrogens is 512 g/mol. The Hall–Kier alpha value is -4.01. The Morgan fingerprint density at radius 3 is 2.21 bits per heavy atom. The van der Waals surface area contributed by atoms with Crippen LogP contribution >= 0.6 is 0 Å². The smallest absolute Gasteiger partial charge is 0.328 e. The van der Waals surface area contributed by atoms with E-state index in [0.717, 1.165) is 23.4 Å². The van der Waals surface area contributed by atoms with Crippen molar-refractivity contribution < 1.29 is 39.3 Å². The van der Waals surface area contributed by atoms with Gasteiger partial charge in [0, 0.05) is 17.1 Å². The summed E-state index contributed by atoms with van der Waals surface area (Å²) in [6.07, 6.45) is 0.659. The van der Waals surface area contributed by atoms with E-state index in [0.29, 0.717) is 19.4 Å². The number of amides is 3. The Morgan fingerprint density at radius 1 is 0.949 bits per heavy atom. The first-order valence-corrected chi connectivity index (χ1v) is 12.5. The first-order chi connectivity index (χ1) is 18.4. The molecule has 0 radical (unpaired) electrons. The van der Waals surface area contributed by atoms with Gasteiger partial charge in [-0.25, -0.2) is 4.79 Å². The zero-order valence-electron chi connectivity index (χ0n) is 21.6. The Kier molecular flexibility index (Phi) is 11.8. The van der Waals surface area contributed by atoms with Crippen LogP contribution in [0.25, 0.3) is 10.9 Å². The number of unbranched alkanes of at least 4 members (excludes halogenated alkanes) is 1. The third-order valence-corrected chi connectivity index (χ3v) is 6.09. The minimum Gasteiger partial charge on any atom is -0.481 e. The first-order valence-electron chi connectivity index (χ1n) is 12.5. The molecule has 5 atom stereocenters. The van der Waals surface area contributed by atoms with Gasteiger partial charge in [0.2, 0.25) is 17.7 Å². The van der Waals surface area contributed by atoms with Gasteiger partial charge < -0.3 is 47.7 Å². The number of H-pyrrole nitrogens is 1. The summed E-state index contributed by atoms with van der Waals surface area (Å²) >= 11 is 0. The van der Waals surface area contributed by atoms with E-state index in [2.05, 4.69) is 15.6 Å². The maximum Gasteiger partial charge on any atom is 0.328 e. The summed E-state index contributed by atoms with van der Waals surface area (Å²) < 4.78 is 0. The maximum atomic E-state index is 13.1. The van der Waals surface area contributed by atoms with Crippen LogP contribution in [0.15, 0.2) is 30.5 Å². The van der Waals surface area contributed by atoms with Crippen LogP contribution in [-0.4, -0.2) is 86.8 Å². The molecule has 39 heavy (non-hydrogen) atoms. The van der Waals surface area contributed by atoms with Gasteiger partial charge in [0.15, 0.2) is 6.04 Å². The second-order valence-electron chi connectivity index (χ2n) is 9.24. The Morgan fingerprint density at radius 2 is 1.59 bits per heavy atom. The summed E-state index contributed by atoms with van der Waals surface area (Å²) in [6, 6.07) is 1.89. The Bertz CT molecular complexity index is 1170. The SMILES string of the molecule is CC(O)C(NC(=O)C(CC(=O)O)NC(=O)C(CCCCN)NC(=O)C(N)Cc1c[nH]c2ccccc12)C(=O)O. The minimum absolute atomic E-state index is 0.126. The number of aliphatic carboxylic acids is 2. The average Bonchev–Trinajstić information content (AvgIpc) is 3.28. The third-order valence-electron chi connectivity index (χ3n) is 6.09. The molecule has 11 N–H and O–H groups in total. The molecule has 0 bridgehead atoms. The normalized spacial score (nSPS) is 15.0. The number of nitrogens with two attached hydrogens (primary N) is 2. The number of aromatic amines is 1. The third kappa shape index (κ3) is 9.35. The molecule has 214 valence electrons. The number of fused-ring (bicyclic) bond motifs is 1. The van der Waals surface area contributed by atoms with E-state index in [9.17, 15) is 39.3 Å². The van der Waals surface area contributed by atoms with E-state index in [-0.39, 0.29) is 12.8 Å². The van der Waals surface area contributed by atoms with Crippen molar-refractivity contribution in [1.29, 1.82) is 0 Å². The predicted octanol–water partition coefficient (Wildman–Crippen LogP) is -1.44. The predicted molar refractivity (Wildman–Crippen MR) is 140 cm³/mol. The van der Waals surface area contributed by atoms with Gasteiger partial charge in [0.05, 0.1) is 18.6 Å². The monoisotopic (exact) mass is 548 g/mol. The van der Waals surface area contributed by atoms with E-state index in [1.807, 2.05) is 29.6 Å². The van der Waals surface area contributed by atoms with Crippen LogP contribution in [0.3, 0.4) is 0 Å². The van der Waals surface area contributed by atoms with Gasteiger partial charge in [-0.1, -0.05) is 18.2 Å². The van der Waals surface area contributed by atoms with Crippen LogP contribution in [0.4, 0.5) is 0 Å². The lowest BCUT2D eigenvalue weighted by molar-refractivity contribution is -0.146. The second kappa shape index (κ2) is 14.8. The highest BCUT2D eigenvalue weighted by Crippen LogP contribution is 2.19. The van der Waals surface area contributed by atoms with Crippen molar-refractivity contribution in [3.63, 3.8) is 0 Å². The number of hydrogen-bond donors (Lipinski definition) is 9. The number of aliphatic hydroxyl groups excluding tert-OH is 1. The Labute approximate surface area is 224 Å². The number of carboxylic acid groups (broad SMARTS) is 2. The Balaban J connectivity index is 2.14. The standard InChI is InChI=1S/C25H36N6O8/c1-13(32)21(25(38)39)31-24(37)19(11-20(33)34)30-23(36)18(8-4-5-9-26)29-22(35)16(27)10-14-12-28-17-7-3-2-6-15(14)17/h2-3,6-7,12-13,16,18-19,21,28,32H,4-5,8-11,26-27H2,1H3,(H,29,35)(H,30,36)(H,31,37)(H,33,34)(H,38,39). The number of aliphatic hydroxyl groups is 1. The van der Waals surface area contributed by atoms with Crippen LogP contribution in [0.2, 0.25) is 0 Å². The van der Waals surface area contributed by atoms with Crippen LogP contribution in [0.5, 0.6) is 0 Å². The maximum absolute atomic E-state index is 13.1. The fourth-order valence-corrected chi connectivity index (χ4v) is 3.97. The van der Waals surface area contributed by atoms with Crippen molar-refractivity contribution in [3.8, 4) is 0 Å². The molecule has 1 aromatic heterocycles. The van der Waals surface area contributed by atoms with Crippen LogP contribution in [0.1, 0.15) is 38.2 Å². The molecule has 0 saturated heterocycles. The molecule has 5 unspecified atom stereocenters. The van der Waals surface area contributed by atoms with E-state index in [1.54, 1.807) is 6.20 Å². The van der Waals surface area contributed by atoms with Gasteiger partial charge >= 0.3 is 11.9 Å². The highest BCUT2D eigenvalue weighted by molar-refractivity contribution is 5.96. The minimum atomic E-state index is -1.73. The van der Waals surface area contributed by atoms with Crippen molar-refractivity contribution in [3.05, 3.63) is 36.0 Å². The fraction of sp³-hybridized carbons (Fsp3) is 0.480. The molecule has 14 heteroatoms. The zero-order chi connectivity index (χ0) is 29.1. The van der Waals surface area contributed by atoms with E-state index >= 15 is 0 Å². The number of para-hydroxylation sites is 1. The number of benzene rings is 1. The lowest BCUT2D eigenvalue weighted by atomic mass is 10.0.